The van der Waals surface area contributed by atoms with Crippen molar-refractivity contribution in [3.05, 3.63) is 80.4 Å². The molecule has 0 atom stereocenters. The third-order valence-corrected chi connectivity index (χ3v) is 6.26. The summed E-state index contributed by atoms with van der Waals surface area (Å²) < 4.78 is 25.3. The first-order valence-corrected chi connectivity index (χ1v) is 11.3. The maximum absolute atomic E-state index is 12.6. The molecular weight excluding hydrogens is 503 g/mol. The van der Waals surface area contributed by atoms with Crippen molar-refractivity contribution in [1.82, 2.24) is 9.53 Å². The van der Waals surface area contributed by atoms with Gasteiger partial charge < -0.3 is 18.7 Å². The molecule has 0 aliphatic heterocycles. The van der Waals surface area contributed by atoms with Gasteiger partial charge >= 0.3 is 11.9 Å². The second-order valence-electron chi connectivity index (χ2n) is 7.01. The van der Waals surface area contributed by atoms with Gasteiger partial charge in [0, 0.05) is 11.6 Å². The first-order chi connectivity index (χ1) is 16.4. The summed E-state index contributed by atoms with van der Waals surface area (Å²) in [5.74, 6) is -0.555. The fraction of sp³-hybridized carbons (Fsp3) is 0.130. The molecule has 0 saturated carbocycles. The Morgan fingerprint density at radius 2 is 1.79 bits per heavy atom. The van der Waals surface area contributed by atoms with Crippen LogP contribution < -0.4 is 9.47 Å². The summed E-state index contributed by atoms with van der Waals surface area (Å²) >= 11 is 12.6. The molecule has 0 N–H and O–H groups in total. The molecule has 0 aliphatic rings. The molecule has 0 spiro atoms. The smallest absolute Gasteiger partial charge is 0.366 e. The number of rotatable bonds is 7. The number of hydrogen-bond donors (Lipinski definition) is 0. The first kappa shape index (κ1) is 23.7. The van der Waals surface area contributed by atoms with Crippen LogP contribution in [0.5, 0.6) is 11.5 Å². The lowest BCUT2D eigenvalue weighted by molar-refractivity contribution is 0.0467. The summed E-state index contributed by atoms with van der Waals surface area (Å²) in [6.07, 6.45) is 0. The maximum atomic E-state index is 12.6. The quantitative estimate of drug-likeness (QED) is 0.217. The first-order valence-electron chi connectivity index (χ1n) is 9.76. The van der Waals surface area contributed by atoms with Gasteiger partial charge in [-0.3, -0.25) is 0 Å². The molecule has 0 unspecified atom stereocenters. The van der Waals surface area contributed by atoms with E-state index >= 15 is 0 Å². The molecule has 0 saturated heterocycles. The lowest BCUT2D eigenvalue weighted by Crippen LogP contribution is -2.10. The molecule has 0 bridgehead atoms. The van der Waals surface area contributed by atoms with Crippen LogP contribution in [0.1, 0.15) is 32.1 Å². The normalized spacial score (nSPS) is 10.7. The van der Waals surface area contributed by atoms with Gasteiger partial charge in [-0.05, 0) is 36.2 Å². The van der Waals surface area contributed by atoms with E-state index in [1.54, 1.807) is 12.1 Å². The highest BCUT2D eigenvalue weighted by atomic mass is 35.5. The van der Waals surface area contributed by atoms with Crippen molar-refractivity contribution in [3.8, 4) is 22.8 Å². The summed E-state index contributed by atoms with van der Waals surface area (Å²) in [6, 6.07) is 13.8. The Bertz CT molecular complexity index is 1350. The summed E-state index contributed by atoms with van der Waals surface area (Å²) in [7, 11) is 1.42. The Labute approximate surface area is 208 Å². The van der Waals surface area contributed by atoms with E-state index in [1.807, 2.05) is 31.2 Å². The minimum atomic E-state index is -0.713. The van der Waals surface area contributed by atoms with E-state index < -0.39 is 11.9 Å². The minimum absolute atomic E-state index is 0.00874. The topological polar surface area (TPSA) is 101 Å². The van der Waals surface area contributed by atoms with Crippen LogP contribution in [0.4, 0.5) is 0 Å². The molecule has 0 amide bonds. The lowest BCUT2D eigenvalue weighted by atomic mass is 10.1. The van der Waals surface area contributed by atoms with Gasteiger partial charge in [0.05, 0.1) is 7.11 Å². The zero-order chi connectivity index (χ0) is 24.2. The van der Waals surface area contributed by atoms with E-state index in [2.05, 4.69) is 9.53 Å². The van der Waals surface area contributed by atoms with E-state index in [-0.39, 0.29) is 38.9 Å². The average molecular weight is 519 g/mol. The van der Waals surface area contributed by atoms with E-state index in [0.717, 1.165) is 22.7 Å². The number of ether oxygens (including phenoxy) is 3. The van der Waals surface area contributed by atoms with Crippen LogP contribution in [0.25, 0.3) is 11.3 Å². The zero-order valence-corrected chi connectivity index (χ0v) is 20.2. The Morgan fingerprint density at radius 1 is 1.03 bits per heavy atom. The van der Waals surface area contributed by atoms with Crippen LogP contribution in [0.15, 0.2) is 53.1 Å². The minimum Gasteiger partial charge on any atom is -0.493 e. The largest absolute Gasteiger partial charge is 0.493 e. The molecule has 4 aromatic rings. The molecule has 0 radical (unpaired) electrons. The molecule has 8 nitrogen and oxygen atoms in total. The number of aromatic nitrogens is 2. The van der Waals surface area contributed by atoms with Crippen molar-refractivity contribution in [2.24, 2.45) is 0 Å². The molecule has 2 heterocycles. The van der Waals surface area contributed by atoms with Crippen molar-refractivity contribution in [1.29, 1.82) is 0 Å². The van der Waals surface area contributed by atoms with Crippen LogP contribution in [-0.2, 0) is 11.3 Å². The molecule has 11 heteroatoms. The van der Waals surface area contributed by atoms with Crippen LogP contribution in [0, 0.1) is 6.92 Å². The SMILES string of the molecule is COc1cc(COC(=O)c2nsc(Cl)c2Cl)ccc1OC(=O)c1cc(-c2ccc(C)cc2)on1. The molecule has 2 aromatic heterocycles. The number of benzene rings is 2. The Hall–Kier alpha value is -3.40. The standard InChI is InChI=1S/C23H16Cl2N2O6S/c1-12-3-6-14(7-4-12)17-10-15(26-33-17)22(28)32-16-8-5-13(9-18(16)30-2)11-31-23(29)20-19(24)21(25)34-27-20/h3-10H,11H2,1-2H3. The van der Waals surface area contributed by atoms with E-state index in [4.69, 9.17) is 41.9 Å². The summed E-state index contributed by atoms with van der Waals surface area (Å²) in [6.45, 7) is 1.89. The van der Waals surface area contributed by atoms with Crippen molar-refractivity contribution in [2.75, 3.05) is 7.11 Å². The number of carbonyl (C=O) groups is 2. The highest BCUT2D eigenvalue weighted by Gasteiger charge is 2.21. The van der Waals surface area contributed by atoms with E-state index in [0.29, 0.717) is 11.3 Å². The number of hydrogen-bond acceptors (Lipinski definition) is 9. The molecule has 34 heavy (non-hydrogen) atoms. The Balaban J connectivity index is 1.42. The highest BCUT2D eigenvalue weighted by Crippen LogP contribution is 2.31. The van der Waals surface area contributed by atoms with Crippen molar-refractivity contribution >= 4 is 46.7 Å². The summed E-state index contributed by atoms with van der Waals surface area (Å²) in [5, 5.41) is 3.85. The van der Waals surface area contributed by atoms with Gasteiger partial charge in [-0.2, -0.15) is 4.37 Å². The third kappa shape index (κ3) is 5.22. The van der Waals surface area contributed by atoms with Gasteiger partial charge in [0.25, 0.3) is 0 Å². The monoisotopic (exact) mass is 518 g/mol. The van der Waals surface area contributed by atoms with Gasteiger partial charge in [0.2, 0.25) is 0 Å². The van der Waals surface area contributed by atoms with Crippen molar-refractivity contribution in [2.45, 2.75) is 13.5 Å². The zero-order valence-electron chi connectivity index (χ0n) is 17.8. The molecule has 4 rings (SSSR count). The predicted molar refractivity (Wildman–Crippen MR) is 126 cm³/mol. The van der Waals surface area contributed by atoms with Crippen molar-refractivity contribution in [3.63, 3.8) is 0 Å². The predicted octanol–water partition coefficient (Wildman–Crippen LogP) is 6.00. The van der Waals surface area contributed by atoms with Gasteiger partial charge in [-0.25, -0.2) is 9.59 Å². The molecular formula is C23H16Cl2N2O6S. The second-order valence-corrected chi connectivity index (χ2v) is 8.77. The number of methoxy groups -OCH3 is 1. The van der Waals surface area contributed by atoms with Gasteiger partial charge in [-0.1, -0.05) is 64.3 Å². The van der Waals surface area contributed by atoms with Crippen LogP contribution in [-0.4, -0.2) is 28.6 Å². The van der Waals surface area contributed by atoms with E-state index in [1.165, 1.54) is 19.2 Å². The molecule has 174 valence electrons. The lowest BCUT2D eigenvalue weighted by Gasteiger charge is -2.10. The van der Waals surface area contributed by atoms with Crippen LogP contribution in [0.3, 0.4) is 0 Å². The Morgan fingerprint density at radius 3 is 2.47 bits per heavy atom. The van der Waals surface area contributed by atoms with Crippen LogP contribution >= 0.6 is 34.7 Å². The molecule has 2 aromatic carbocycles. The number of nitrogens with zero attached hydrogens (tertiary/aromatic N) is 2. The van der Waals surface area contributed by atoms with Crippen LogP contribution in [0.2, 0.25) is 9.36 Å². The highest BCUT2D eigenvalue weighted by molar-refractivity contribution is 7.11. The fourth-order valence-electron chi connectivity index (χ4n) is 2.87. The number of esters is 2. The average Bonchev–Trinajstić information content (AvgIpc) is 3.46. The number of halogens is 2. The number of aryl methyl sites for hydroxylation is 1. The third-order valence-electron chi connectivity index (χ3n) is 4.65. The second kappa shape index (κ2) is 10.3. The number of carbonyl (C=O) groups excluding carboxylic acids is 2. The molecule has 0 fully saturated rings. The van der Waals surface area contributed by atoms with E-state index in [9.17, 15) is 9.59 Å². The van der Waals surface area contributed by atoms with Crippen molar-refractivity contribution < 1.29 is 28.3 Å². The van der Waals surface area contributed by atoms with Gasteiger partial charge in [0.1, 0.15) is 16.0 Å². The summed E-state index contributed by atoms with van der Waals surface area (Å²) in [5.41, 5.74) is 2.44. The fourth-order valence-corrected chi connectivity index (χ4v) is 3.85. The molecule has 0 aliphatic carbocycles. The van der Waals surface area contributed by atoms with Gasteiger partial charge in [0.15, 0.2) is 28.6 Å². The maximum Gasteiger partial charge on any atom is 0.366 e. The Kier molecular flexibility index (Phi) is 7.16. The summed E-state index contributed by atoms with van der Waals surface area (Å²) in [4.78, 5) is 24.7. The van der Waals surface area contributed by atoms with Gasteiger partial charge in [-0.15, -0.1) is 0 Å².